The lowest BCUT2D eigenvalue weighted by atomic mass is 10.1. The predicted octanol–water partition coefficient (Wildman–Crippen LogP) is 3.06. The van der Waals surface area contributed by atoms with E-state index in [2.05, 4.69) is 5.48 Å². The highest BCUT2D eigenvalue weighted by atomic mass is 16.5. The maximum atomic E-state index is 8.86. The minimum atomic E-state index is 0.361. The Morgan fingerprint density at radius 2 is 1.85 bits per heavy atom. The zero-order valence-electron chi connectivity index (χ0n) is 11.7. The van der Waals surface area contributed by atoms with Crippen LogP contribution in [0.2, 0.25) is 0 Å². The standard InChI is InChI=1S/C16H19NO3/c1-12-4-3-5-14(10-17-18)16(12)20-11-13-6-8-15(19-2)9-7-13/h3-9,17-18H,10-11H2,1-2H3. The second-order valence-corrected chi connectivity index (χ2v) is 4.53. The zero-order chi connectivity index (χ0) is 14.4. The number of aryl methyl sites for hydroxylation is 1. The van der Waals surface area contributed by atoms with Crippen molar-refractivity contribution in [3.8, 4) is 11.5 Å². The summed E-state index contributed by atoms with van der Waals surface area (Å²) in [6.45, 7) is 2.83. The maximum absolute atomic E-state index is 8.86. The quantitative estimate of drug-likeness (QED) is 0.794. The fourth-order valence-corrected chi connectivity index (χ4v) is 2.02. The third-order valence-electron chi connectivity index (χ3n) is 3.11. The lowest BCUT2D eigenvalue weighted by molar-refractivity contribution is 0.159. The number of methoxy groups -OCH3 is 1. The molecule has 0 aliphatic heterocycles. The predicted molar refractivity (Wildman–Crippen MR) is 77.1 cm³/mol. The van der Waals surface area contributed by atoms with Crippen molar-refractivity contribution in [3.05, 3.63) is 59.2 Å². The van der Waals surface area contributed by atoms with E-state index in [1.54, 1.807) is 7.11 Å². The van der Waals surface area contributed by atoms with E-state index in [0.717, 1.165) is 28.2 Å². The summed E-state index contributed by atoms with van der Waals surface area (Å²) in [5, 5.41) is 8.86. The zero-order valence-corrected chi connectivity index (χ0v) is 11.7. The van der Waals surface area contributed by atoms with E-state index in [-0.39, 0.29) is 0 Å². The van der Waals surface area contributed by atoms with Gasteiger partial charge in [-0.3, -0.25) is 0 Å². The van der Waals surface area contributed by atoms with Gasteiger partial charge >= 0.3 is 0 Å². The van der Waals surface area contributed by atoms with Gasteiger partial charge in [0, 0.05) is 12.1 Å². The Labute approximate surface area is 118 Å². The second kappa shape index (κ2) is 6.93. The minimum absolute atomic E-state index is 0.361. The van der Waals surface area contributed by atoms with Gasteiger partial charge in [0.15, 0.2) is 0 Å². The van der Waals surface area contributed by atoms with Crippen LogP contribution in [0.5, 0.6) is 11.5 Å². The third kappa shape index (κ3) is 3.50. The molecular formula is C16H19NO3. The highest BCUT2D eigenvalue weighted by Gasteiger charge is 2.07. The molecule has 20 heavy (non-hydrogen) atoms. The summed E-state index contributed by atoms with van der Waals surface area (Å²) in [7, 11) is 1.65. The van der Waals surface area contributed by atoms with E-state index >= 15 is 0 Å². The molecule has 2 aromatic carbocycles. The smallest absolute Gasteiger partial charge is 0.127 e. The summed E-state index contributed by atoms with van der Waals surface area (Å²) in [5.41, 5.74) is 5.21. The van der Waals surface area contributed by atoms with Crippen LogP contribution in [0.1, 0.15) is 16.7 Å². The Kier molecular flexibility index (Phi) is 4.98. The molecule has 2 N–H and O–H groups in total. The van der Waals surface area contributed by atoms with Gasteiger partial charge in [-0.05, 0) is 30.2 Å². The van der Waals surface area contributed by atoms with Gasteiger partial charge in [0.05, 0.1) is 7.11 Å². The lowest BCUT2D eigenvalue weighted by Crippen LogP contribution is -2.09. The van der Waals surface area contributed by atoms with Crippen LogP contribution in [0.15, 0.2) is 42.5 Å². The fourth-order valence-electron chi connectivity index (χ4n) is 2.02. The highest BCUT2D eigenvalue weighted by molar-refractivity contribution is 5.41. The molecule has 0 atom stereocenters. The van der Waals surface area contributed by atoms with Crippen molar-refractivity contribution in [1.29, 1.82) is 0 Å². The van der Waals surface area contributed by atoms with Gasteiger partial charge in [0.2, 0.25) is 0 Å². The van der Waals surface area contributed by atoms with Crippen LogP contribution in [0.4, 0.5) is 0 Å². The average Bonchev–Trinajstić information content (AvgIpc) is 2.47. The van der Waals surface area contributed by atoms with Crippen molar-refractivity contribution in [2.24, 2.45) is 0 Å². The van der Waals surface area contributed by atoms with Crippen molar-refractivity contribution in [2.75, 3.05) is 7.11 Å². The molecule has 0 aliphatic rings. The van der Waals surface area contributed by atoms with Crippen LogP contribution in [-0.4, -0.2) is 12.3 Å². The van der Waals surface area contributed by atoms with Gasteiger partial charge in [-0.1, -0.05) is 30.3 Å². The van der Waals surface area contributed by atoms with Crippen LogP contribution >= 0.6 is 0 Å². The molecule has 0 bridgehead atoms. The van der Waals surface area contributed by atoms with E-state index in [1.165, 1.54) is 0 Å². The first-order chi connectivity index (χ1) is 9.74. The van der Waals surface area contributed by atoms with E-state index in [1.807, 2.05) is 49.4 Å². The Balaban J connectivity index is 2.09. The normalized spacial score (nSPS) is 10.3. The van der Waals surface area contributed by atoms with E-state index in [4.69, 9.17) is 14.7 Å². The molecule has 2 aromatic rings. The second-order valence-electron chi connectivity index (χ2n) is 4.53. The van der Waals surface area contributed by atoms with Gasteiger partial charge in [-0.25, -0.2) is 5.48 Å². The van der Waals surface area contributed by atoms with E-state index in [0.29, 0.717) is 13.2 Å². The van der Waals surface area contributed by atoms with Crippen molar-refractivity contribution in [1.82, 2.24) is 5.48 Å². The number of benzene rings is 2. The van der Waals surface area contributed by atoms with Gasteiger partial charge in [-0.15, -0.1) is 0 Å². The average molecular weight is 273 g/mol. The highest BCUT2D eigenvalue weighted by Crippen LogP contribution is 2.24. The van der Waals surface area contributed by atoms with Gasteiger partial charge in [-0.2, -0.15) is 0 Å². The molecule has 0 aromatic heterocycles. The first-order valence-corrected chi connectivity index (χ1v) is 6.45. The first-order valence-electron chi connectivity index (χ1n) is 6.45. The number of nitrogens with one attached hydrogen (secondary N) is 1. The Hall–Kier alpha value is -2.04. The maximum Gasteiger partial charge on any atom is 0.127 e. The Morgan fingerprint density at radius 1 is 1.10 bits per heavy atom. The van der Waals surface area contributed by atoms with Crippen LogP contribution < -0.4 is 15.0 Å². The fraction of sp³-hybridized carbons (Fsp3) is 0.250. The van der Waals surface area contributed by atoms with Crippen molar-refractivity contribution in [2.45, 2.75) is 20.1 Å². The van der Waals surface area contributed by atoms with Crippen molar-refractivity contribution in [3.63, 3.8) is 0 Å². The molecule has 0 saturated carbocycles. The molecule has 4 heteroatoms. The molecule has 0 unspecified atom stereocenters. The topological polar surface area (TPSA) is 50.7 Å². The minimum Gasteiger partial charge on any atom is -0.497 e. The Morgan fingerprint density at radius 3 is 2.50 bits per heavy atom. The number of para-hydroxylation sites is 1. The first kappa shape index (κ1) is 14.4. The number of ether oxygens (including phenoxy) is 2. The number of hydroxylamine groups is 1. The summed E-state index contributed by atoms with van der Waals surface area (Å²) in [6, 6.07) is 13.6. The SMILES string of the molecule is COc1ccc(COc2c(C)cccc2CNO)cc1. The molecule has 4 nitrogen and oxygen atoms in total. The van der Waals surface area contributed by atoms with Gasteiger partial charge in [0.25, 0.3) is 0 Å². The molecule has 0 aliphatic carbocycles. The summed E-state index contributed by atoms with van der Waals surface area (Å²) in [4.78, 5) is 0. The van der Waals surface area contributed by atoms with Gasteiger partial charge < -0.3 is 14.7 Å². The number of hydrogen-bond acceptors (Lipinski definition) is 4. The summed E-state index contributed by atoms with van der Waals surface area (Å²) in [6.07, 6.45) is 0. The van der Waals surface area contributed by atoms with Crippen LogP contribution in [0.25, 0.3) is 0 Å². The summed E-state index contributed by atoms with van der Waals surface area (Å²) >= 11 is 0. The van der Waals surface area contributed by atoms with Gasteiger partial charge in [0.1, 0.15) is 18.1 Å². The number of hydrogen-bond donors (Lipinski definition) is 2. The largest absolute Gasteiger partial charge is 0.497 e. The summed E-state index contributed by atoms with van der Waals surface area (Å²) < 4.78 is 11.0. The monoisotopic (exact) mass is 273 g/mol. The molecule has 0 radical (unpaired) electrons. The van der Waals surface area contributed by atoms with Crippen LogP contribution in [0.3, 0.4) is 0 Å². The molecule has 0 fully saturated rings. The van der Waals surface area contributed by atoms with Crippen molar-refractivity contribution >= 4 is 0 Å². The number of rotatable bonds is 6. The van der Waals surface area contributed by atoms with Crippen LogP contribution in [-0.2, 0) is 13.2 Å². The van der Waals surface area contributed by atoms with Crippen LogP contribution in [0, 0.1) is 6.92 Å². The van der Waals surface area contributed by atoms with E-state index < -0.39 is 0 Å². The Bertz CT molecular complexity index is 552. The lowest BCUT2D eigenvalue weighted by Gasteiger charge is -2.14. The van der Waals surface area contributed by atoms with E-state index in [9.17, 15) is 0 Å². The summed E-state index contributed by atoms with van der Waals surface area (Å²) in [5.74, 6) is 1.64. The molecule has 0 spiro atoms. The molecule has 2 rings (SSSR count). The van der Waals surface area contributed by atoms with Crippen molar-refractivity contribution < 1.29 is 14.7 Å². The molecule has 0 heterocycles. The molecule has 0 saturated heterocycles. The molecular weight excluding hydrogens is 254 g/mol. The molecule has 0 amide bonds. The molecule has 106 valence electrons. The third-order valence-corrected chi connectivity index (χ3v) is 3.11.